The first-order chi connectivity index (χ1) is 14.2. The van der Waals surface area contributed by atoms with Gasteiger partial charge in [0.25, 0.3) is 0 Å². The van der Waals surface area contributed by atoms with E-state index in [9.17, 15) is 13.2 Å². The number of carbonyl (C=O) groups is 1. The Kier molecular flexibility index (Phi) is 6.71. The molecule has 0 spiro atoms. The van der Waals surface area contributed by atoms with Gasteiger partial charge in [-0.1, -0.05) is 6.07 Å². The van der Waals surface area contributed by atoms with Crippen LogP contribution in [0, 0.1) is 13.8 Å². The standard InChI is InChI=1S/C21H26N2O6S/c1-15-10-16(2)12-18(11-15)27-7-6-22-21(24)14-23(30(3,25)26)17-4-5-19-20(13-17)29-9-8-28-19/h4-5,10-13H,6-9,14H2,1-3H3,(H,22,24). The van der Waals surface area contributed by atoms with Crippen LogP contribution in [0.25, 0.3) is 0 Å². The van der Waals surface area contributed by atoms with Gasteiger partial charge in [-0.25, -0.2) is 8.42 Å². The molecular formula is C21H26N2O6S. The molecule has 8 nitrogen and oxygen atoms in total. The molecule has 0 fully saturated rings. The third-order valence-corrected chi connectivity index (χ3v) is 5.53. The zero-order valence-corrected chi connectivity index (χ0v) is 18.1. The van der Waals surface area contributed by atoms with Crippen LogP contribution in [0.15, 0.2) is 36.4 Å². The average Bonchev–Trinajstić information content (AvgIpc) is 2.67. The highest BCUT2D eigenvalue weighted by Crippen LogP contribution is 2.34. The SMILES string of the molecule is Cc1cc(C)cc(OCCNC(=O)CN(c2ccc3c(c2)OCCO3)S(C)(=O)=O)c1. The van der Waals surface area contributed by atoms with E-state index < -0.39 is 15.9 Å². The van der Waals surface area contributed by atoms with E-state index in [0.717, 1.165) is 27.4 Å². The van der Waals surface area contributed by atoms with Crippen LogP contribution in [0.3, 0.4) is 0 Å². The highest BCUT2D eigenvalue weighted by molar-refractivity contribution is 7.92. The number of anilines is 1. The number of aryl methyl sites for hydroxylation is 2. The molecule has 162 valence electrons. The predicted molar refractivity (Wildman–Crippen MR) is 114 cm³/mol. The van der Waals surface area contributed by atoms with Gasteiger partial charge < -0.3 is 19.5 Å². The van der Waals surface area contributed by atoms with Crippen molar-refractivity contribution in [3.05, 3.63) is 47.5 Å². The Hall–Kier alpha value is -2.94. The fraction of sp³-hybridized carbons (Fsp3) is 0.381. The largest absolute Gasteiger partial charge is 0.492 e. The fourth-order valence-electron chi connectivity index (χ4n) is 3.15. The minimum atomic E-state index is -3.68. The summed E-state index contributed by atoms with van der Waals surface area (Å²) < 4.78 is 42.2. The molecule has 1 heterocycles. The lowest BCUT2D eigenvalue weighted by Crippen LogP contribution is -2.41. The second kappa shape index (κ2) is 9.25. The van der Waals surface area contributed by atoms with Gasteiger partial charge >= 0.3 is 0 Å². The molecule has 0 radical (unpaired) electrons. The minimum absolute atomic E-state index is 0.255. The van der Waals surface area contributed by atoms with Crippen molar-refractivity contribution in [3.8, 4) is 17.2 Å². The van der Waals surface area contributed by atoms with Gasteiger partial charge in [-0.05, 0) is 49.2 Å². The first-order valence-electron chi connectivity index (χ1n) is 9.57. The molecule has 9 heteroatoms. The zero-order valence-electron chi connectivity index (χ0n) is 17.3. The molecule has 3 rings (SSSR count). The summed E-state index contributed by atoms with van der Waals surface area (Å²) in [6, 6.07) is 10.7. The highest BCUT2D eigenvalue weighted by atomic mass is 32.2. The van der Waals surface area contributed by atoms with Gasteiger partial charge in [-0.3, -0.25) is 9.10 Å². The van der Waals surface area contributed by atoms with Gasteiger partial charge in [0.15, 0.2) is 11.5 Å². The molecule has 0 bridgehead atoms. The third kappa shape index (κ3) is 5.79. The van der Waals surface area contributed by atoms with Crippen LogP contribution in [-0.4, -0.2) is 53.5 Å². The molecule has 0 saturated carbocycles. The molecule has 0 aliphatic carbocycles. The Morgan fingerprint density at radius 3 is 2.40 bits per heavy atom. The Balaban J connectivity index is 1.58. The van der Waals surface area contributed by atoms with Crippen molar-refractivity contribution in [1.29, 1.82) is 0 Å². The summed E-state index contributed by atoms with van der Waals surface area (Å²) in [4.78, 5) is 12.4. The summed E-state index contributed by atoms with van der Waals surface area (Å²) in [6.07, 6.45) is 1.06. The molecule has 0 atom stereocenters. The number of nitrogens with one attached hydrogen (secondary N) is 1. The third-order valence-electron chi connectivity index (χ3n) is 4.39. The monoisotopic (exact) mass is 434 g/mol. The average molecular weight is 435 g/mol. The van der Waals surface area contributed by atoms with Gasteiger partial charge in [0.2, 0.25) is 15.9 Å². The van der Waals surface area contributed by atoms with Gasteiger partial charge in [-0.2, -0.15) is 0 Å². The fourth-order valence-corrected chi connectivity index (χ4v) is 4.00. The van der Waals surface area contributed by atoms with E-state index in [0.29, 0.717) is 30.4 Å². The Morgan fingerprint density at radius 2 is 1.73 bits per heavy atom. The minimum Gasteiger partial charge on any atom is -0.492 e. The van der Waals surface area contributed by atoms with E-state index in [4.69, 9.17) is 14.2 Å². The van der Waals surface area contributed by atoms with E-state index in [1.807, 2.05) is 32.0 Å². The number of benzene rings is 2. The number of amides is 1. The van der Waals surface area contributed by atoms with Crippen LogP contribution in [0.1, 0.15) is 11.1 Å². The first kappa shape index (κ1) is 21.8. The molecule has 1 aliphatic heterocycles. The van der Waals surface area contributed by atoms with Crippen LogP contribution < -0.4 is 23.8 Å². The summed E-state index contributed by atoms with van der Waals surface area (Å²) in [5.74, 6) is 1.30. The molecule has 1 amide bonds. The molecular weight excluding hydrogens is 408 g/mol. The molecule has 0 unspecified atom stereocenters. The lowest BCUT2D eigenvalue weighted by molar-refractivity contribution is -0.119. The summed E-state index contributed by atoms with van der Waals surface area (Å²) in [7, 11) is -3.68. The van der Waals surface area contributed by atoms with Gasteiger partial charge in [0.1, 0.15) is 32.1 Å². The molecule has 2 aromatic carbocycles. The lowest BCUT2D eigenvalue weighted by Gasteiger charge is -2.24. The topological polar surface area (TPSA) is 94.2 Å². The summed E-state index contributed by atoms with van der Waals surface area (Å²) >= 11 is 0. The number of hydrogen-bond acceptors (Lipinski definition) is 6. The second-order valence-electron chi connectivity index (χ2n) is 7.12. The second-order valence-corrected chi connectivity index (χ2v) is 9.03. The number of rotatable bonds is 8. The van der Waals surface area contributed by atoms with Crippen LogP contribution in [0.4, 0.5) is 5.69 Å². The molecule has 1 N–H and O–H groups in total. The maximum Gasteiger partial charge on any atom is 0.240 e. The summed E-state index contributed by atoms with van der Waals surface area (Å²) in [5.41, 5.74) is 2.53. The van der Waals surface area contributed by atoms with E-state index in [1.54, 1.807) is 18.2 Å². The summed E-state index contributed by atoms with van der Waals surface area (Å²) in [6.45, 7) is 4.98. The molecule has 2 aromatic rings. The number of ether oxygens (including phenoxy) is 3. The van der Waals surface area contributed by atoms with E-state index in [1.165, 1.54) is 0 Å². The van der Waals surface area contributed by atoms with Crippen molar-refractivity contribution in [2.75, 3.05) is 43.5 Å². The van der Waals surface area contributed by atoms with E-state index in [-0.39, 0.29) is 19.7 Å². The number of hydrogen-bond donors (Lipinski definition) is 1. The van der Waals surface area contributed by atoms with Crippen LogP contribution in [0.5, 0.6) is 17.2 Å². The van der Waals surface area contributed by atoms with Crippen LogP contribution >= 0.6 is 0 Å². The molecule has 0 saturated heterocycles. The quantitative estimate of drug-likeness (QED) is 0.639. The van der Waals surface area contributed by atoms with Gasteiger partial charge in [0, 0.05) is 6.07 Å². The summed E-state index contributed by atoms with van der Waals surface area (Å²) in [5, 5.41) is 2.69. The van der Waals surface area contributed by atoms with E-state index in [2.05, 4.69) is 5.32 Å². The number of carbonyl (C=O) groups excluding carboxylic acids is 1. The number of nitrogens with zero attached hydrogens (tertiary/aromatic N) is 1. The maximum absolute atomic E-state index is 12.4. The van der Waals surface area contributed by atoms with Gasteiger partial charge in [0.05, 0.1) is 18.5 Å². The normalized spacial score (nSPS) is 12.9. The molecule has 30 heavy (non-hydrogen) atoms. The Labute approximate surface area is 176 Å². The smallest absolute Gasteiger partial charge is 0.240 e. The number of fused-ring (bicyclic) bond motifs is 1. The molecule has 1 aliphatic rings. The van der Waals surface area contributed by atoms with Crippen LogP contribution in [-0.2, 0) is 14.8 Å². The highest BCUT2D eigenvalue weighted by Gasteiger charge is 2.23. The van der Waals surface area contributed by atoms with Crippen molar-refractivity contribution in [1.82, 2.24) is 5.32 Å². The van der Waals surface area contributed by atoms with E-state index >= 15 is 0 Å². The van der Waals surface area contributed by atoms with Crippen molar-refractivity contribution in [2.45, 2.75) is 13.8 Å². The number of sulfonamides is 1. The lowest BCUT2D eigenvalue weighted by atomic mass is 10.1. The van der Waals surface area contributed by atoms with Crippen molar-refractivity contribution >= 4 is 21.6 Å². The van der Waals surface area contributed by atoms with Crippen LogP contribution in [0.2, 0.25) is 0 Å². The van der Waals surface area contributed by atoms with Crippen molar-refractivity contribution < 1.29 is 27.4 Å². The zero-order chi connectivity index (χ0) is 21.7. The van der Waals surface area contributed by atoms with Crippen molar-refractivity contribution in [2.24, 2.45) is 0 Å². The Morgan fingerprint density at radius 1 is 1.07 bits per heavy atom. The van der Waals surface area contributed by atoms with Gasteiger partial charge in [-0.15, -0.1) is 0 Å². The van der Waals surface area contributed by atoms with Crippen molar-refractivity contribution in [3.63, 3.8) is 0 Å². The first-order valence-corrected chi connectivity index (χ1v) is 11.4. The predicted octanol–water partition coefficient (Wildman–Crippen LogP) is 2.04. The molecule has 0 aromatic heterocycles. The Bertz CT molecular complexity index is 1000. The maximum atomic E-state index is 12.4.